The first kappa shape index (κ1) is 24.9. The zero-order chi connectivity index (χ0) is 31.5. The van der Waals surface area contributed by atoms with Gasteiger partial charge in [-0.3, -0.25) is 9.10 Å². The molecule has 2 heterocycles. The Bertz CT molecular complexity index is 1590. The highest BCUT2D eigenvalue weighted by Crippen LogP contribution is 2.40. The van der Waals surface area contributed by atoms with E-state index < -0.39 is 22.9 Å². The summed E-state index contributed by atoms with van der Waals surface area (Å²) in [5, 5.41) is 5.95. The molecule has 0 fully saturated rings. The zero-order valence-corrected chi connectivity index (χ0v) is 23.6. The number of fused-ring (bicyclic) bond motifs is 1. The molecule has 1 aromatic carbocycles. The van der Waals surface area contributed by atoms with Crippen LogP contribution in [-0.2, 0) is 14.8 Å². The minimum absolute atomic E-state index is 0.211. The van der Waals surface area contributed by atoms with E-state index in [4.69, 9.17) is 8.85 Å². The fourth-order valence-corrected chi connectivity index (χ4v) is 5.49. The fourth-order valence-electron chi connectivity index (χ4n) is 4.55. The van der Waals surface area contributed by atoms with Crippen LogP contribution in [0.3, 0.4) is 0 Å². The van der Waals surface area contributed by atoms with Gasteiger partial charge in [-0.05, 0) is 32.2 Å². The summed E-state index contributed by atoms with van der Waals surface area (Å²) in [5.41, 5.74) is 2.74. The molecule has 0 saturated heterocycles. The Morgan fingerprint density at radius 3 is 2.73 bits per heavy atom. The van der Waals surface area contributed by atoms with Crippen LogP contribution in [0.4, 0.5) is 23.0 Å². The first-order valence-electron chi connectivity index (χ1n) is 14.0. The Labute approximate surface area is 239 Å². The Hall–Kier alpha value is -4.16. The van der Waals surface area contributed by atoms with Crippen LogP contribution < -0.4 is 20.3 Å². The number of nitrogens with zero attached hydrogens (tertiary/aromatic N) is 5. The average molecular weight is 569 g/mol. The van der Waals surface area contributed by atoms with Gasteiger partial charge < -0.3 is 25.2 Å². The van der Waals surface area contributed by atoms with E-state index in [-0.39, 0.29) is 24.5 Å². The maximum absolute atomic E-state index is 12.5. The Morgan fingerprint density at radius 2 is 2.02 bits per heavy atom. The molecular formula is C28H35N7O4S. The van der Waals surface area contributed by atoms with Crippen molar-refractivity contribution in [2.75, 3.05) is 63.1 Å². The van der Waals surface area contributed by atoms with Gasteiger partial charge in [-0.25, -0.2) is 18.4 Å². The number of likely N-dealkylation sites (N-methyl/N-ethyl adjacent to an activating group) is 2. The van der Waals surface area contributed by atoms with Crippen molar-refractivity contribution >= 4 is 44.5 Å². The van der Waals surface area contributed by atoms with Gasteiger partial charge in [-0.2, -0.15) is 0 Å². The van der Waals surface area contributed by atoms with Gasteiger partial charge in [0.1, 0.15) is 5.75 Å². The zero-order valence-electron chi connectivity index (χ0n) is 25.8. The summed E-state index contributed by atoms with van der Waals surface area (Å²) in [6.45, 7) is 1.88. The predicted molar refractivity (Wildman–Crippen MR) is 159 cm³/mol. The highest BCUT2D eigenvalue weighted by molar-refractivity contribution is 7.88. The minimum atomic E-state index is -3.51. The second-order valence-corrected chi connectivity index (χ2v) is 11.3. The number of hydrogen-bond acceptors (Lipinski definition) is 9. The van der Waals surface area contributed by atoms with Crippen LogP contribution in [0.5, 0.6) is 5.75 Å². The summed E-state index contributed by atoms with van der Waals surface area (Å²) in [7, 11) is 1.29. The van der Waals surface area contributed by atoms with Gasteiger partial charge in [0.15, 0.2) is 0 Å². The Kier molecular flexibility index (Phi) is 7.41. The number of nitrogens with one attached hydrogen (secondary N) is 2. The van der Waals surface area contributed by atoms with Gasteiger partial charge in [-0.15, -0.1) is 0 Å². The van der Waals surface area contributed by atoms with Crippen molar-refractivity contribution < 1.29 is 22.1 Å². The number of allylic oxidation sites excluding steroid dienone is 2. The van der Waals surface area contributed by atoms with Crippen LogP contribution in [0.15, 0.2) is 67.6 Å². The fraction of sp³-hybridized carbons (Fsp3) is 0.321. The first-order chi connectivity index (χ1) is 20.2. The lowest BCUT2D eigenvalue weighted by Crippen LogP contribution is -2.34. The predicted octanol–water partition coefficient (Wildman–Crippen LogP) is 3.08. The van der Waals surface area contributed by atoms with Crippen molar-refractivity contribution in [3.05, 3.63) is 73.2 Å². The molecule has 2 aromatic rings. The third-order valence-corrected chi connectivity index (χ3v) is 7.66. The van der Waals surface area contributed by atoms with E-state index in [0.29, 0.717) is 35.1 Å². The molecule has 212 valence electrons. The summed E-state index contributed by atoms with van der Waals surface area (Å²) in [5.74, 6) is -0.00329. The molecule has 0 saturated carbocycles. The largest absolute Gasteiger partial charge is 0.494 e. The highest BCUT2D eigenvalue weighted by Gasteiger charge is 2.38. The maximum Gasteiger partial charge on any atom is 0.247 e. The topological polar surface area (TPSA) is 120 Å². The molecule has 0 spiro atoms. The van der Waals surface area contributed by atoms with Crippen LogP contribution in [0.25, 0.3) is 5.57 Å². The van der Waals surface area contributed by atoms with Crippen molar-refractivity contribution in [3.63, 3.8) is 0 Å². The molecule has 11 nitrogen and oxygen atoms in total. The number of rotatable bonds is 11. The third kappa shape index (κ3) is 6.35. The molecular weight excluding hydrogens is 530 g/mol. The van der Waals surface area contributed by atoms with Crippen LogP contribution in [0.1, 0.15) is 9.81 Å². The number of carbonyl (C=O) groups is 1. The van der Waals surface area contributed by atoms with Gasteiger partial charge in [0, 0.05) is 54.2 Å². The smallest absolute Gasteiger partial charge is 0.247 e. The highest BCUT2D eigenvalue weighted by atomic mass is 32.2. The molecule has 2 N–H and O–H groups in total. The molecule has 4 rings (SSSR count). The number of sulfonamides is 1. The van der Waals surface area contributed by atoms with E-state index in [0.717, 1.165) is 11.6 Å². The lowest BCUT2D eigenvalue weighted by molar-refractivity contribution is -0.111. The van der Waals surface area contributed by atoms with Crippen LogP contribution >= 0.6 is 0 Å². The van der Waals surface area contributed by atoms with E-state index in [1.165, 1.54) is 29.6 Å². The quantitative estimate of drug-likeness (QED) is 0.394. The normalized spacial score (nSPS) is 19.3. The Balaban J connectivity index is 1.66. The van der Waals surface area contributed by atoms with Crippen LogP contribution in [-0.4, -0.2) is 87.1 Å². The minimum Gasteiger partial charge on any atom is -0.494 e. The van der Waals surface area contributed by atoms with Crippen molar-refractivity contribution in [1.29, 1.82) is 0 Å². The molecule has 2 unspecified atom stereocenters. The molecule has 2 atom stereocenters. The molecule has 2 aliphatic rings. The summed E-state index contributed by atoms with van der Waals surface area (Å²) in [4.78, 5) is 24.4. The molecule has 1 amide bonds. The molecule has 12 heteroatoms. The lowest BCUT2D eigenvalue weighted by Gasteiger charge is -2.26. The van der Waals surface area contributed by atoms with Crippen molar-refractivity contribution in [3.8, 4) is 5.75 Å². The van der Waals surface area contributed by atoms with Gasteiger partial charge in [-0.1, -0.05) is 30.9 Å². The maximum atomic E-state index is 12.5. The van der Waals surface area contributed by atoms with Gasteiger partial charge in [0.2, 0.25) is 21.9 Å². The number of hydrogen-bond donors (Lipinski definition) is 2. The number of benzene rings is 1. The van der Waals surface area contributed by atoms with E-state index in [1.807, 2.05) is 29.2 Å². The number of amides is 1. The summed E-state index contributed by atoms with van der Waals surface area (Å²) in [6, 6.07) is 4.72. The Morgan fingerprint density at radius 1 is 1.25 bits per heavy atom. The average Bonchev–Trinajstić information content (AvgIpc) is 3.36. The molecule has 1 aliphatic heterocycles. The van der Waals surface area contributed by atoms with Gasteiger partial charge in [0.25, 0.3) is 0 Å². The number of anilines is 4. The van der Waals surface area contributed by atoms with Crippen molar-refractivity contribution in [2.45, 2.75) is 6.04 Å². The number of ether oxygens (including phenoxy) is 1. The molecule has 1 aromatic heterocycles. The van der Waals surface area contributed by atoms with E-state index in [2.05, 4.69) is 27.2 Å². The SMILES string of the molecule is [2H]C([2H])([2H])N(C)CCN(C)c1cc(OC)c(Nc2nccc(C3=CN(S(C)(=O)=O)C4C=CC=CC34)n2)cc1NC(=O)C=C. The van der Waals surface area contributed by atoms with E-state index in [1.54, 1.807) is 37.6 Å². The second-order valence-electron chi connectivity index (χ2n) is 9.46. The van der Waals surface area contributed by atoms with Crippen molar-refractivity contribution in [2.24, 2.45) is 5.92 Å². The van der Waals surface area contributed by atoms with Gasteiger partial charge >= 0.3 is 0 Å². The first-order valence-corrected chi connectivity index (χ1v) is 14.3. The summed E-state index contributed by atoms with van der Waals surface area (Å²) >= 11 is 0. The van der Waals surface area contributed by atoms with Crippen LogP contribution in [0.2, 0.25) is 0 Å². The summed E-state index contributed by atoms with van der Waals surface area (Å²) < 4.78 is 54.7. The monoisotopic (exact) mass is 568 g/mol. The van der Waals surface area contributed by atoms with Gasteiger partial charge in [0.05, 0.1) is 42.2 Å². The summed E-state index contributed by atoms with van der Waals surface area (Å²) in [6.07, 6.45) is 13.0. The van der Waals surface area contributed by atoms with E-state index >= 15 is 0 Å². The third-order valence-electron chi connectivity index (χ3n) is 6.55. The molecule has 1 aliphatic carbocycles. The number of aromatic nitrogens is 2. The van der Waals surface area contributed by atoms with Crippen LogP contribution in [0, 0.1) is 5.92 Å². The molecule has 0 radical (unpaired) electrons. The number of methoxy groups -OCH3 is 1. The second kappa shape index (κ2) is 11.9. The number of carbonyl (C=O) groups excluding carboxylic acids is 1. The molecule has 0 bridgehead atoms. The molecule has 40 heavy (non-hydrogen) atoms. The van der Waals surface area contributed by atoms with Crippen molar-refractivity contribution in [1.82, 2.24) is 19.2 Å². The standard InChI is InChI=1S/C28H35N7O4S/c1-7-27(36)30-22-16-23(26(39-5)17-25(22)34(4)15-14-33(2)3)32-28-29-13-12-21(31-28)20-18-35(40(6,37)38)24-11-9-8-10-19(20)24/h7-13,16-19,24H,1,14-15H2,2-6H3,(H,30,36)(H,29,31,32)/i2D3. The lowest BCUT2D eigenvalue weighted by atomic mass is 9.90. The van der Waals surface area contributed by atoms with E-state index in [9.17, 15) is 13.2 Å².